The summed E-state index contributed by atoms with van der Waals surface area (Å²) < 4.78 is 13.1. The molecule has 0 aromatic carbocycles. The zero-order valence-electron chi connectivity index (χ0n) is 11.2. The van der Waals surface area contributed by atoms with Crippen LogP contribution >= 0.6 is 0 Å². The highest BCUT2D eigenvalue weighted by atomic mass is 16.5. The monoisotopic (exact) mass is 264 g/mol. The van der Waals surface area contributed by atoms with E-state index in [9.17, 15) is 4.79 Å². The van der Waals surface area contributed by atoms with Crippen molar-refractivity contribution in [1.29, 1.82) is 0 Å². The van der Waals surface area contributed by atoms with Crippen LogP contribution in [0.15, 0.2) is 18.3 Å². The summed E-state index contributed by atoms with van der Waals surface area (Å²) in [5.74, 6) is 0.118. The summed E-state index contributed by atoms with van der Waals surface area (Å²) in [6, 6.07) is 4.05. The maximum atomic E-state index is 12.6. The molecule has 5 nitrogen and oxygen atoms in total. The van der Waals surface area contributed by atoms with Gasteiger partial charge in [-0.3, -0.25) is 4.79 Å². The molecule has 0 bridgehead atoms. The Hall–Kier alpha value is -1.33. The Balaban J connectivity index is 1.81. The van der Waals surface area contributed by atoms with Crippen molar-refractivity contribution in [1.82, 2.24) is 9.47 Å². The molecule has 1 amide bonds. The SMILES string of the molecule is Cn1cccc1[C@@H]1COCCN1C(=O)[C@@H]1CCCO1. The standard InChI is InChI=1S/C14H20N2O3/c1-15-6-2-4-11(15)12-10-18-9-7-16(12)14(17)13-5-3-8-19-13/h2,4,6,12-13H,3,5,7-10H2,1H3/t12-,13-/m0/s1. The van der Waals surface area contributed by atoms with Gasteiger partial charge in [0.05, 0.1) is 19.3 Å². The molecule has 2 atom stereocenters. The summed E-state index contributed by atoms with van der Waals surface area (Å²) in [6.45, 7) is 2.53. The molecule has 0 unspecified atom stereocenters. The number of hydrogen-bond acceptors (Lipinski definition) is 3. The fourth-order valence-electron chi connectivity index (χ4n) is 2.89. The minimum Gasteiger partial charge on any atom is -0.377 e. The Bertz CT molecular complexity index is 451. The lowest BCUT2D eigenvalue weighted by Crippen LogP contribution is -2.48. The first-order chi connectivity index (χ1) is 9.27. The number of rotatable bonds is 2. The summed E-state index contributed by atoms with van der Waals surface area (Å²) in [5.41, 5.74) is 1.12. The van der Waals surface area contributed by atoms with Crippen LogP contribution in [-0.4, -0.2) is 47.8 Å². The normalized spacial score (nSPS) is 27.7. The zero-order chi connectivity index (χ0) is 13.2. The summed E-state index contributed by atoms with van der Waals surface area (Å²) in [5, 5.41) is 0. The first-order valence-electron chi connectivity index (χ1n) is 6.88. The van der Waals surface area contributed by atoms with E-state index < -0.39 is 0 Å². The maximum absolute atomic E-state index is 12.6. The molecular formula is C14H20N2O3. The van der Waals surface area contributed by atoms with Gasteiger partial charge in [-0.15, -0.1) is 0 Å². The molecule has 2 saturated heterocycles. The molecule has 1 aromatic heterocycles. The lowest BCUT2D eigenvalue weighted by Gasteiger charge is -2.37. The molecule has 0 saturated carbocycles. The molecule has 5 heteroatoms. The van der Waals surface area contributed by atoms with Gasteiger partial charge in [0, 0.05) is 32.1 Å². The third-order valence-electron chi connectivity index (χ3n) is 3.94. The van der Waals surface area contributed by atoms with Crippen LogP contribution in [0.1, 0.15) is 24.6 Å². The van der Waals surface area contributed by atoms with Gasteiger partial charge >= 0.3 is 0 Å². The predicted octanol–water partition coefficient (Wildman–Crippen LogP) is 1.10. The van der Waals surface area contributed by atoms with E-state index in [1.165, 1.54) is 0 Å². The molecular weight excluding hydrogens is 244 g/mol. The van der Waals surface area contributed by atoms with Crippen LogP contribution in [0, 0.1) is 0 Å². The van der Waals surface area contributed by atoms with Crippen molar-refractivity contribution in [2.75, 3.05) is 26.4 Å². The minimum absolute atomic E-state index is 0.00505. The molecule has 0 radical (unpaired) electrons. The molecule has 1 aromatic rings. The van der Waals surface area contributed by atoms with Gasteiger partial charge in [0.15, 0.2) is 0 Å². The number of aromatic nitrogens is 1. The highest BCUT2D eigenvalue weighted by molar-refractivity contribution is 5.81. The van der Waals surface area contributed by atoms with Crippen LogP contribution in [0.25, 0.3) is 0 Å². The smallest absolute Gasteiger partial charge is 0.252 e. The van der Waals surface area contributed by atoms with Gasteiger partial charge in [-0.25, -0.2) is 0 Å². The largest absolute Gasteiger partial charge is 0.377 e. The molecule has 104 valence electrons. The highest BCUT2D eigenvalue weighted by Gasteiger charge is 2.35. The van der Waals surface area contributed by atoms with Crippen molar-refractivity contribution in [3.8, 4) is 0 Å². The van der Waals surface area contributed by atoms with E-state index in [1.54, 1.807) is 0 Å². The lowest BCUT2D eigenvalue weighted by molar-refractivity contribution is -0.150. The summed E-state index contributed by atoms with van der Waals surface area (Å²) in [6.07, 6.45) is 3.57. The van der Waals surface area contributed by atoms with E-state index in [2.05, 4.69) is 10.6 Å². The first-order valence-corrected chi connectivity index (χ1v) is 6.88. The van der Waals surface area contributed by atoms with E-state index in [1.807, 2.05) is 24.2 Å². The summed E-state index contributed by atoms with van der Waals surface area (Å²) in [4.78, 5) is 14.5. The van der Waals surface area contributed by atoms with E-state index >= 15 is 0 Å². The van der Waals surface area contributed by atoms with Gasteiger partial charge < -0.3 is 18.9 Å². The van der Waals surface area contributed by atoms with Crippen LogP contribution < -0.4 is 0 Å². The Labute approximate surface area is 113 Å². The maximum Gasteiger partial charge on any atom is 0.252 e. The Kier molecular flexibility index (Phi) is 3.57. The molecule has 2 aliphatic rings. The third kappa shape index (κ3) is 2.40. The van der Waals surface area contributed by atoms with E-state index in [-0.39, 0.29) is 18.1 Å². The van der Waals surface area contributed by atoms with Crippen molar-refractivity contribution >= 4 is 5.91 Å². The second-order valence-electron chi connectivity index (χ2n) is 5.17. The van der Waals surface area contributed by atoms with Crippen molar-refractivity contribution in [3.05, 3.63) is 24.0 Å². The topological polar surface area (TPSA) is 43.7 Å². The van der Waals surface area contributed by atoms with Gasteiger partial charge in [-0.2, -0.15) is 0 Å². The molecule has 19 heavy (non-hydrogen) atoms. The van der Waals surface area contributed by atoms with Crippen molar-refractivity contribution in [2.24, 2.45) is 7.05 Å². The van der Waals surface area contributed by atoms with Crippen LogP contribution in [0.5, 0.6) is 0 Å². The molecule has 2 fully saturated rings. The van der Waals surface area contributed by atoms with Crippen LogP contribution in [-0.2, 0) is 21.3 Å². The average Bonchev–Trinajstić information content (AvgIpc) is 3.09. The second-order valence-corrected chi connectivity index (χ2v) is 5.17. The fraction of sp³-hybridized carbons (Fsp3) is 0.643. The molecule has 3 heterocycles. The molecule has 3 rings (SSSR count). The van der Waals surface area contributed by atoms with Gasteiger partial charge in [0.1, 0.15) is 6.10 Å². The third-order valence-corrected chi connectivity index (χ3v) is 3.94. The zero-order valence-corrected chi connectivity index (χ0v) is 11.2. The van der Waals surface area contributed by atoms with Crippen molar-refractivity contribution in [3.63, 3.8) is 0 Å². The van der Waals surface area contributed by atoms with Crippen molar-refractivity contribution < 1.29 is 14.3 Å². The number of nitrogens with zero attached hydrogens (tertiary/aromatic N) is 2. The van der Waals surface area contributed by atoms with Gasteiger partial charge in [-0.1, -0.05) is 0 Å². The Morgan fingerprint density at radius 1 is 1.42 bits per heavy atom. The molecule has 2 aliphatic heterocycles. The Morgan fingerprint density at radius 2 is 2.32 bits per heavy atom. The van der Waals surface area contributed by atoms with E-state index in [4.69, 9.17) is 9.47 Å². The van der Waals surface area contributed by atoms with Crippen LogP contribution in [0.3, 0.4) is 0 Å². The summed E-state index contributed by atoms with van der Waals surface area (Å²) >= 11 is 0. The van der Waals surface area contributed by atoms with E-state index in [0.717, 1.165) is 18.5 Å². The molecule has 0 N–H and O–H groups in total. The number of amides is 1. The number of hydrogen-bond donors (Lipinski definition) is 0. The lowest BCUT2D eigenvalue weighted by atomic mass is 10.1. The number of ether oxygens (including phenoxy) is 2. The van der Waals surface area contributed by atoms with E-state index in [0.29, 0.717) is 26.4 Å². The van der Waals surface area contributed by atoms with Crippen molar-refractivity contribution in [2.45, 2.75) is 25.0 Å². The first kappa shape index (κ1) is 12.7. The Morgan fingerprint density at radius 3 is 3.00 bits per heavy atom. The summed E-state index contributed by atoms with van der Waals surface area (Å²) in [7, 11) is 2.00. The van der Waals surface area contributed by atoms with Gasteiger partial charge in [-0.05, 0) is 25.0 Å². The fourth-order valence-corrected chi connectivity index (χ4v) is 2.89. The number of morpholine rings is 1. The van der Waals surface area contributed by atoms with Crippen LogP contribution in [0.4, 0.5) is 0 Å². The minimum atomic E-state index is -0.249. The second kappa shape index (κ2) is 5.35. The number of aryl methyl sites for hydroxylation is 1. The van der Waals surface area contributed by atoms with Crippen LogP contribution in [0.2, 0.25) is 0 Å². The molecule has 0 aliphatic carbocycles. The van der Waals surface area contributed by atoms with Gasteiger partial charge in [0.25, 0.3) is 5.91 Å². The van der Waals surface area contributed by atoms with Gasteiger partial charge in [0.2, 0.25) is 0 Å². The molecule has 0 spiro atoms. The number of carbonyl (C=O) groups is 1. The predicted molar refractivity (Wildman–Crippen MR) is 69.7 cm³/mol. The number of carbonyl (C=O) groups excluding carboxylic acids is 1. The highest BCUT2D eigenvalue weighted by Crippen LogP contribution is 2.27. The average molecular weight is 264 g/mol. The quantitative estimate of drug-likeness (QED) is 0.803.